The summed E-state index contributed by atoms with van der Waals surface area (Å²) in [7, 11) is 0. The van der Waals surface area contributed by atoms with Crippen LogP contribution in [0.5, 0.6) is 0 Å². The lowest BCUT2D eigenvalue weighted by molar-refractivity contribution is 0.102. The van der Waals surface area contributed by atoms with Crippen LogP contribution in [0.3, 0.4) is 0 Å². The first-order valence-electron chi connectivity index (χ1n) is 20.3. The lowest BCUT2D eigenvalue weighted by atomic mass is 10.0. The SMILES string of the molecule is c1ccc(CC(CCCCCCCCCCC2CCCO2)SC(CCCCCCCCCCC2CCCO2)Cc2ccccc2)cc1. The van der Waals surface area contributed by atoms with Crippen LogP contribution in [0, 0.1) is 0 Å². The highest BCUT2D eigenvalue weighted by molar-refractivity contribution is 8.00. The minimum Gasteiger partial charge on any atom is -0.378 e. The summed E-state index contributed by atoms with van der Waals surface area (Å²) < 4.78 is 11.6. The van der Waals surface area contributed by atoms with Crippen molar-refractivity contribution in [2.75, 3.05) is 13.2 Å². The Balaban J connectivity index is 1.12. The molecule has 2 fully saturated rings. The van der Waals surface area contributed by atoms with Gasteiger partial charge in [0.1, 0.15) is 0 Å². The van der Waals surface area contributed by atoms with Crippen LogP contribution in [0.15, 0.2) is 60.7 Å². The smallest absolute Gasteiger partial charge is 0.0576 e. The fraction of sp³-hybridized carbons (Fsp3) is 0.727. The van der Waals surface area contributed by atoms with Gasteiger partial charge in [0.15, 0.2) is 0 Å². The van der Waals surface area contributed by atoms with E-state index in [1.54, 1.807) is 0 Å². The van der Waals surface area contributed by atoms with E-state index >= 15 is 0 Å². The first-order valence-corrected chi connectivity index (χ1v) is 21.3. The molecule has 0 bridgehead atoms. The highest BCUT2D eigenvalue weighted by atomic mass is 32.2. The van der Waals surface area contributed by atoms with Gasteiger partial charge in [-0.3, -0.25) is 0 Å². The van der Waals surface area contributed by atoms with Crippen LogP contribution >= 0.6 is 11.8 Å². The molecule has 2 aromatic rings. The molecule has 2 nitrogen and oxygen atoms in total. The second-order valence-corrected chi connectivity index (χ2v) is 16.4. The molecule has 2 aliphatic rings. The van der Waals surface area contributed by atoms with E-state index in [1.807, 2.05) is 0 Å². The number of ether oxygens (including phenoxy) is 2. The number of unbranched alkanes of at least 4 members (excludes halogenated alkanes) is 14. The molecule has 2 aliphatic heterocycles. The van der Waals surface area contributed by atoms with Crippen LogP contribution < -0.4 is 0 Å². The van der Waals surface area contributed by atoms with Crippen LogP contribution in [0.4, 0.5) is 0 Å². The second-order valence-electron chi connectivity index (χ2n) is 14.8. The molecule has 2 saturated heterocycles. The molecule has 4 rings (SSSR count). The molecule has 3 heteroatoms. The summed E-state index contributed by atoms with van der Waals surface area (Å²) in [6.45, 7) is 2.00. The van der Waals surface area contributed by atoms with Crippen LogP contribution in [-0.2, 0) is 22.3 Å². The predicted octanol–water partition coefficient (Wildman–Crippen LogP) is 13.1. The fourth-order valence-corrected chi connectivity index (χ4v) is 9.54. The standard InChI is InChI=1S/C44H70O2S/c1(5-9-19-29-41-31-23-35-45-41)3-7-11-21-33-43(37-39-25-15-13-16-26-39)47-44(38-40-27-17-14-18-28-40)34-22-12-8-4-2-6-10-20-30-42-32-24-36-46-42/h13-18,25-28,41-44H,1-12,19-24,29-38H2. The number of benzene rings is 2. The quantitative estimate of drug-likeness (QED) is 0.0845. The lowest BCUT2D eigenvalue weighted by Crippen LogP contribution is -2.16. The summed E-state index contributed by atoms with van der Waals surface area (Å²) in [5, 5.41) is 1.44. The van der Waals surface area contributed by atoms with E-state index in [0.717, 1.165) is 23.7 Å². The molecular formula is C44H70O2S. The molecule has 47 heavy (non-hydrogen) atoms. The largest absolute Gasteiger partial charge is 0.378 e. The number of hydrogen-bond donors (Lipinski definition) is 0. The zero-order valence-electron chi connectivity index (χ0n) is 30.1. The van der Waals surface area contributed by atoms with Crippen molar-refractivity contribution in [1.82, 2.24) is 0 Å². The number of rotatable bonds is 28. The zero-order chi connectivity index (χ0) is 32.5. The molecule has 0 aromatic heterocycles. The van der Waals surface area contributed by atoms with Crippen molar-refractivity contribution in [3.05, 3.63) is 71.8 Å². The number of thioether (sulfide) groups is 1. The van der Waals surface area contributed by atoms with Gasteiger partial charge in [0.05, 0.1) is 12.2 Å². The summed E-state index contributed by atoms with van der Waals surface area (Å²) in [6.07, 6.45) is 36.5. The summed E-state index contributed by atoms with van der Waals surface area (Å²) in [6, 6.07) is 22.6. The van der Waals surface area contributed by atoms with Crippen LogP contribution in [0.2, 0.25) is 0 Å². The van der Waals surface area contributed by atoms with Gasteiger partial charge in [-0.15, -0.1) is 0 Å². The molecule has 0 spiro atoms. The summed E-state index contributed by atoms with van der Waals surface area (Å²) in [5.74, 6) is 0. The Hall–Kier alpha value is -1.29. The highest BCUT2D eigenvalue weighted by Crippen LogP contribution is 2.32. The Labute approximate surface area is 295 Å². The van der Waals surface area contributed by atoms with Gasteiger partial charge in [-0.05, 0) is 75.3 Å². The van der Waals surface area contributed by atoms with Crippen molar-refractivity contribution >= 4 is 11.8 Å². The molecule has 4 unspecified atom stereocenters. The second kappa shape index (κ2) is 25.6. The third-order valence-electron chi connectivity index (χ3n) is 10.6. The summed E-state index contributed by atoms with van der Waals surface area (Å²) >= 11 is 2.33. The van der Waals surface area contributed by atoms with E-state index in [2.05, 4.69) is 72.4 Å². The molecule has 0 N–H and O–H groups in total. The minimum atomic E-state index is 0.580. The Morgan fingerprint density at radius 1 is 0.468 bits per heavy atom. The van der Waals surface area contributed by atoms with Crippen LogP contribution in [0.25, 0.3) is 0 Å². The van der Waals surface area contributed by atoms with Gasteiger partial charge in [-0.2, -0.15) is 11.8 Å². The number of hydrogen-bond acceptors (Lipinski definition) is 3. The minimum absolute atomic E-state index is 0.580. The van der Waals surface area contributed by atoms with Crippen molar-refractivity contribution in [3.63, 3.8) is 0 Å². The van der Waals surface area contributed by atoms with Gasteiger partial charge in [0.25, 0.3) is 0 Å². The molecule has 0 radical (unpaired) electrons. The average Bonchev–Trinajstić information content (AvgIpc) is 3.82. The van der Waals surface area contributed by atoms with Gasteiger partial charge in [0.2, 0.25) is 0 Å². The van der Waals surface area contributed by atoms with E-state index in [-0.39, 0.29) is 0 Å². The molecule has 264 valence electrons. The molecule has 0 amide bonds. The normalized spacial score (nSPS) is 19.3. The average molecular weight is 663 g/mol. The lowest BCUT2D eigenvalue weighted by Gasteiger charge is -2.24. The third kappa shape index (κ3) is 18.3. The maximum Gasteiger partial charge on any atom is 0.0576 e. The topological polar surface area (TPSA) is 18.5 Å². The predicted molar refractivity (Wildman–Crippen MR) is 206 cm³/mol. The van der Waals surface area contributed by atoms with Gasteiger partial charge in [0, 0.05) is 23.7 Å². The van der Waals surface area contributed by atoms with Crippen molar-refractivity contribution < 1.29 is 9.47 Å². The first kappa shape index (κ1) is 38.5. The zero-order valence-corrected chi connectivity index (χ0v) is 30.9. The van der Waals surface area contributed by atoms with Crippen molar-refractivity contribution in [1.29, 1.82) is 0 Å². The van der Waals surface area contributed by atoms with Crippen LogP contribution in [-0.4, -0.2) is 35.9 Å². The van der Waals surface area contributed by atoms with E-state index < -0.39 is 0 Å². The molecular weight excluding hydrogens is 593 g/mol. The van der Waals surface area contributed by atoms with Gasteiger partial charge < -0.3 is 9.47 Å². The first-order chi connectivity index (χ1) is 23.3. The van der Waals surface area contributed by atoms with Gasteiger partial charge >= 0.3 is 0 Å². The molecule has 0 saturated carbocycles. The fourth-order valence-electron chi connectivity index (χ4n) is 7.82. The molecule has 2 aromatic carbocycles. The molecule has 4 atom stereocenters. The third-order valence-corrected chi connectivity index (χ3v) is 12.2. The Kier molecular flexibility index (Phi) is 21.0. The maximum absolute atomic E-state index is 5.79. The Morgan fingerprint density at radius 3 is 1.19 bits per heavy atom. The summed E-state index contributed by atoms with van der Waals surface area (Å²) in [4.78, 5) is 0. The molecule has 2 heterocycles. The van der Waals surface area contributed by atoms with E-state index in [9.17, 15) is 0 Å². The Morgan fingerprint density at radius 2 is 0.830 bits per heavy atom. The molecule has 0 aliphatic carbocycles. The van der Waals surface area contributed by atoms with Gasteiger partial charge in [-0.1, -0.05) is 163 Å². The van der Waals surface area contributed by atoms with E-state index in [4.69, 9.17) is 9.47 Å². The van der Waals surface area contributed by atoms with Crippen molar-refractivity contribution in [3.8, 4) is 0 Å². The highest BCUT2D eigenvalue weighted by Gasteiger charge is 2.19. The summed E-state index contributed by atoms with van der Waals surface area (Å²) in [5.41, 5.74) is 3.03. The van der Waals surface area contributed by atoms with E-state index in [0.29, 0.717) is 12.2 Å². The van der Waals surface area contributed by atoms with Crippen LogP contribution in [0.1, 0.15) is 165 Å². The van der Waals surface area contributed by atoms with Gasteiger partial charge in [-0.25, -0.2) is 0 Å². The van der Waals surface area contributed by atoms with E-state index in [1.165, 1.54) is 178 Å². The Bertz CT molecular complexity index is 889. The monoisotopic (exact) mass is 663 g/mol. The maximum atomic E-state index is 5.79. The van der Waals surface area contributed by atoms with Crippen molar-refractivity contribution in [2.45, 2.75) is 190 Å². The van der Waals surface area contributed by atoms with Crippen molar-refractivity contribution in [2.24, 2.45) is 0 Å².